The van der Waals surface area contributed by atoms with E-state index in [4.69, 9.17) is 9.98 Å². The van der Waals surface area contributed by atoms with Gasteiger partial charge in [-0.25, -0.2) is 4.98 Å². The Morgan fingerprint density at radius 1 is 0.811 bits per heavy atom. The molecule has 0 radical (unpaired) electrons. The van der Waals surface area contributed by atoms with Crippen LogP contribution in [0.5, 0.6) is 0 Å². The molecule has 0 aliphatic rings. The fraction of sp³-hybridized carbons (Fsp3) is 0.0588. The summed E-state index contributed by atoms with van der Waals surface area (Å²) in [7, 11) is 0. The van der Waals surface area contributed by atoms with E-state index in [0.29, 0.717) is 0 Å². The summed E-state index contributed by atoms with van der Waals surface area (Å²) in [5.41, 5.74) is 11.6. The van der Waals surface area contributed by atoms with Crippen LogP contribution in [0.15, 0.2) is 109 Å². The molecular formula is C34H27N3. The smallest absolute Gasteiger partial charge is 0.146 e. The minimum Gasteiger partial charge on any atom is -0.292 e. The summed E-state index contributed by atoms with van der Waals surface area (Å²) in [6.45, 7) is 12.3. The van der Waals surface area contributed by atoms with Crippen molar-refractivity contribution in [2.24, 2.45) is 4.99 Å². The highest BCUT2D eigenvalue weighted by Crippen LogP contribution is 2.33. The number of fused-ring (bicyclic) bond motifs is 5. The van der Waals surface area contributed by atoms with Gasteiger partial charge in [0.1, 0.15) is 5.65 Å². The van der Waals surface area contributed by atoms with Crippen LogP contribution in [0.3, 0.4) is 0 Å². The van der Waals surface area contributed by atoms with Gasteiger partial charge in [-0.2, -0.15) is 0 Å². The third-order valence-electron chi connectivity index (χ3n) is 7.07. The molecule has 0 N–H and O–H groups in total. The quantitative estimate of drug-likeness (QED) is 0.228. The average Bonchev–Trinajstić information content (AvgIpc) is 3.32. The number of para-hydroxylation sites is 1. The van der Waals surface area contributed by atoms with Gasteiger partial charge in [0.15, 0.2) is 0 Å². The molecule has 0 unspecified atom stereocenters. The van der Waals surface area contributed by atoms with E-state index < -0.39 is 0 Å². The molecule has 6 aromatic rings. The fourth-order valence-corrected chi connectivity index (χ4v) is 5.11. The van der Waals surface area contributed by atoms with Gasteiger partial charge in [0.25, 0.3) is 0 Å². The minimum absolute atomic E-state index is 0.932. The lowest BCUT2D eigenvalue weighted by Gasteiger charge is -2.11. The van der Waals surface area contributed by atoms with E-state index >= 15 is 0 Å². The lowest BCUT2D eigenvalue weighted by molar-refractivity contribution is 1.21. The number of aryl methyl sites for hydroxylation is 1. The number of imidazole rings is 1. The number of hydrogen-bond donors (Lipinski definition) is 0. The van der Waals surface area contributed by atoms with Crippen molar-refractivity contribution in [3.05, 3.63) is 127 Å². The Bertz CT molecular complexity index is 1870. The molecule has 0 amide bonds. The van der Waals surface area contributed by atoms with Crippen LogP contribution in [-0.2, 0) is 0 Å². The molecule has 2 heterocycles. The molecule has 0 atom stereocenters. The van der Waals surface area contributed by atoms with E-state index in [9.17, 15) is 0 Å². The molecule has 3 nitrogen and oxygen atoms in total. The first kappa shape index (κ1) is 22.7. The summed E-state index contributed by atoms with van der Waals surface area (Å²) in [6, 6.07) is 31.6. The maximum absolute atomic E-state index is 5.08. The lowest BCUT2D eigenvalue weighted by Crippen LogP contribution is -1.97. The van der Waals surface area contributed by atoms with Crippen molar-refractivity contribution in [2.45, 2.75) is 13.8 Å². The Labute approximate surface area is 216 Å². The topological polar surface area (TPSA) is 29.7 Å². The van der Waals surface area contributed by atoms with Gasteiger partial charge in [0.05, 0.1) is 22.4 Å². The maximum atomic E-state index is 5.08. The third kappa shape index (κ3) is 3.76. The first-order chi connectivity index (χ1) is 18.1. The van der Waals surface area contributed by atoms with Gasteiger partial charge in [-0.15, -0.1) is 0 Å². The van der Waals surface area contributed by atoms with Crippen LogP contribution in [0.2, 0.25) is 0 Å². The number of aromatic nitrogens is 2. The van der Waals surface area contributed by atoms with Crippen LogP contribution in [0.25, 0.3) is 50.7 Å². The summed E-state index contributed by atoms with van der Waals surface area (Å²) >= 11 is 0. The van der Waals surface area contributed by atoms with Crippen molar-refractivity contribution < 1.29 is 0 Å². The second-order valence-corrected chi connectivity index (χ2v) is 9.29. The zero-order valence-corrected chi connectivity index (χ0v) is 21.1. The summed E-state index contributed by atoms with van der Waals surface area (Å²) < 4.78 is 2.19. The van der Waals surface area contributed by atoms with Gasteiger partial charge in [-0.3, -0.25) is 9.39 Å². The van der Waals surface area contributed by atoms with Crippen LogP contribution in [0.1, 0.15) is 29.3 Å². The Morgan fingerprint density at radius 3 is 2.24 bits per heavy atom. The van der Waals surface area contributed by atoms with Crippen LogP contribution >= 0.6 is 0 Å². The number of benzene rings is 4. The Hall–Kier alpha value is -4.76. The number of aliphatic imine (C=N–C) groups is 1. The van der Waals surface area contributed by atoms with E-state index in [1.54, 1.807) is 0 Å². The van der Waals surface area contributed by atoms with E-state index in [0.717, 1.165) is 66.8 Å². The zero-order chi connectivity index (χ0) is 25.5. The summed E-state index contributed by atoms with van der Waals surface area (Å²) in [5.74, 6) is 0. The first-order valence-corrected chi connectivity index (χ1v) is 12.4. The summed E-state index contributed by atoms with van der Waals surface area (Å²) in [5, 5.41) is 2.24. The summed E-state index contributed by atoms with van der Waals surface area (Å²) in [4.78, 5) is 9.92. The van der Waals surface area contributed by atoms with Gasteiger partial charge in [0, 0.05) is 16.7 Å². The molecule has 0 saturated heterocycles. The monoisotopic (exact) mass is 477 g/mol. The first-order valence-electron chi connectivity index (χ1n) is 12.4. The Kier molecular flexibility index (Phi) is 5.54. The highest BCUT2D eigenvalue weighted by Gasteiger charge is 2.15. The number of nitrogens with zero attached hydrogens (tertiary/aromatic N) is 3. The van der Waals surface area contributed by atoms with E-state index in [-0.39, 0.29) is 0 Å². The average molecular weight is 478 g/mol. The van der Waals surface area contributed by atoms with Gasteiger partial charge in [-0.1, -0.05) is 92.0 Å². The van der Waals surface area contributed by atoms with Gasteiger partial charge in [0.2, 0.25) is 0 Å². The van der Waals surface area contributed by atoms with Crippen LogP contribution in [0.4, 0.5) is 5.69 Å². The lowest BCUT2D eigenvalue weighted by atomic mass is 10.0. The Balaban J connectivity index is 1.44. The number of rotatable bonds is 5. The third-order valence-corrected chi connectivity index (χ3v) is 7.07. The number of pyridine rings is 1. The molecule has 3 heteroatoms. The Morgan fingerprint density at radius 2 is 1.51 bits per heavy atom. The highest BCUT2D eigenvalue weighted by atomic mass is 15.0. The predicted octanol–water partition coefficient (Wildman–Crippen LogP) is 9.04. The molecule has 0 aliphatic carbocycles. The second kappa shape index (κ2) is 9.03. The number of hydrogen-bond acceptors (Lipinski definition) is 2. The SMILES string of the molecule is C=Cc1c(C=C)n2c3ccc(-c4ccc(C(C)=Nc5ccccc5C)cc4)cc3nc2c2ccccc12. The molecule has 6 rings (SSSR count). The largest absolute Gasteiger partial charge is 0.292 e. The molecule has 0 aliphatic heterocycles. The van der Waals surface area contributed by atoms with Gasteiger partial charge in [-0.05, 0) is 65.8 Å². The molecular weight excluding hydrogens is 450 g/mol. The van der Waals surface area contributed by atoms with E-state index in [2.05, 4.69) is 110 Å². The predicted molar refractivity (Wildman–Crippen MR) is 159 cm³/mol. The zero-order valence-electron chi connectivity index (χ0n) is 21.1. The normalized spacial score (nSPS) is 11.9. The molecule has 0 fully saturated rings. The van der Waals surface area contributed by atoms with Crippen molar-refractivity contribution in [3.8, 4) is 11.1 Å². The van der Waals surface area contributed by atoms with E-state index in [1.165, 1.54) is 5.56 Å². The molecule has 37 heavy (non-hydrogen) atoms. The van der Waals surface area contributed by atoms with Crippen molar-refractivity contribution in [2.75, 3.05) is 0 Å². The van der Waals surface area contributed by atoms with Crippen molar-refractivity contribution in [1.82, 2.24) is 9.38 Å². The maximum Gasteiger partial charge on any atom is 0.146 e. The molecule has 0 saturated carbocycles. The van der Waals surface area contributed by atoms with Crippen LogP contribution in [0, 0.1) is 6.92 Å². The molecule has 178 valence electrons. The van der Waals surface area contributed by atoms with Gasteiger partial charge < -0.3 is 0 Å². The standard InChI is InChI=1S/C34H27N3/c1-5-27-28-12-8-9-13-29(28)34-36-31-21-26(19-20-33(31)37(34)32(27)6-2)25-17-15-24(16-18-25)23(4)35-30-14-10-7-11-22(30)3/h5-21H,1-2H2,3-4H3. The van der Waals surface area contributed by atoms with Crippen LogP contribution < -0.4 is 0 Å². The fourth-order valence-electron chi connectivity index (χ4n) is 5.11. The van der Waals surface area contributed by atoms with Gasteiger partial charge >= 0.3 is 0 Å². The molecule has 2 aromatic heterocycles. The highest BCUT2D eigenvalue weighted by molar-refractivity contribution is 6.05. The van der Waals surface area contributed by atoms with Crippen LogP contribution in [-0.4, -0.2) is 15.1 Å². The van der Waals surface area contributed by atoms with Crippen molar-refractivity contribution in [3.63, 3.8) is 0 Å². The molecule has 0 bridgehead atoms. The minimum atomic E-state index is 0.932. The second-order valence-electron chi connectivity index (χ2n) is 9.29. The van der Waals surface area contributed by atoms with Crippen molar-refractivity contribution >= 4 is 51.0 Å². The molecule has 0 spiro atoms. The summed E-state index contributed by atoms with van der Waals surface area (Å²) in [6.07, 6.45) is 3.80. The van der Waals surface area contributed by atoms with Crippen molar-refractivity contribution in [1.29, 1.82) is 0 Å². The van der Waals surface area contributed by atoms with E-state index in [1.807, 2.05) is 24.3 Å². The molecule has 4 aromatic carbocycles.